The predicted molar refractivity (Wildman–Crippen MR) is 57.3 cm³/mol. The first-order valence-corrected chi connectivity index (χ1v) is 4.97. The summed E-state index contributed by atoms with van der Waals surface area (Å²) in [5.41, 5.74) is -1.82. The molecule has 0 aliphatic rings. The van der Waals surface area contributed by atoms with Gasteiger partial charge in [-0.1, -0.05) is 37.3 Å². The standard InChI is InChI=1S/C12H11F3O2/c1-2-9(11(16)17)10(12(13,14)15)8-6-4-3-5-7-8/h3-7H,2H2,1H3,(H,16,17)/b10-9+. The first kappa shape index (κ1) is 13.3. The summed E-state index contributed by atoms with van der Waals surface area (Å²) in [6.07, 6.45) is -4.86. The van der Waals surface area contributed by atoms with E-state index in [0.29, 0.717) is 0 Å². The molecule has 0 unspecified atom stereocenters. The fourth-order valence-corrected chi connectivity index (χ4v) is 1.55. The Balaban J connectivity index is 3.47. The number of halogens is 3. The molecular formula is C12H11F3O2. The second-order valence-electron chi connectivity index (χ2n) is 3.38. The Kier molecular flexibility index (Phi) is 3.93. The second kappa shape index (κ2) is 5.03. The van der Waals surface area contributed by atoms with Gasteiger partial charge >= 0.3 is 12.1 Å². The largest absolute Gasteiger partial charge is 0.478 e. The number of carbonyl (C=O) groups is 1. The summed E-state index contributed by atoms with van der Waals surface area (Å²) in [5.74, 6) is -1.54. The molecule has 0 aromatic heterocycles. The monoisotopic (exact) mass is 244 g/mol. The molecule has 0 bridgehead atoms. The summed E-state index contributed by atoms with van der Waals surface area (Å²) in [4.78, 5) is 10.8. The number of benzene rings is 1. The van der Waals surface area contributed by atoms with Crippen LogP contribution in [-0.2, 0) is 4.79 Å². The van der Waals surface area contributed by atoms with Crippen LogP contribution in [0.4, 0.5) is 13.2 Å². The first-order chi connectivity index (χ1) is 7.88. The van der Waals surface area contributed by atoms with Gasteiger partial charge in [-0.15, -0.1) is 0 Å². The van der Waals surface area contributed by atoms with Gasteiger partial charge in [0.05, 0.1) is 5.57 Å². The summed E-state index contributed by atoms with van der Waals surface area (Å²) in [6, 6.07) is 6.96. The number of carboxylic acid groups (broad SMARTS) is 1. The number of rotatable bonds is 3. The van der Waals surface area contributed by atoms with Gasteiger partial charge in [-0.05, 0) is 12.0 Å². The molecule has 0 saturated carbocycles. The third-order valence-electron chi connectivity index (χ3n) is 2.26. The van der Waals surface area contributed by atoms with Gasteiger partial charge in [-0.25, -0.2) is 4.79 Å². The Morgan fingerprint density at radius 1 is 1.24 bits per heavy atom. The highest BCUT2D eigenvalue weighted by Crippen LogP contribution is 2.37. The van der Waals surface area contributed by atoms with Crippen LogP contribution in [0.3, 0.4) is 0 Å². The van der Waals surface area contributed by atoms with Crippen molar-refractivity contribution in [1.82, 2.24) is 0 Å². The van der Waals surface area contributed by atoms with E-state index in [1.807, 2.05) is 0 Å². The number of allylic oxidation sites excluding steroid dienone is 1. The quantitative estimate of drug-likeness (QED) is 0.826. The van der Waals surface area contributed by atoms with Crippen LogP contribution in [0.5, 0.6) is 0 Å². The zero-order chi connectivity index (χ0) is 13.1. The Hall–Kier alpha value is -1.78. The highest BCUT2D eigenvalue weighted by molar-refractivity contribution is 5.97. The van der Waals surface area contributed by atoms with Crippen LogP contribution < -0.4 is 0 Å². The highest BCUT2D eigenvalue weighted by atomic mass is 19.4. The summed E-state index contributed by atoms with van der Waals surface area (Å²) in [6.45, 7) is 1.39. The molecule has 1 aromatic carbocycles. The number of carboxylic acids is 1. The molecule has 0 saturated heterocycles. The number of hydrogen-bond donors (Lipinski definition) is 1. The highest BCUT2D eigenvalue weighted by Gasteiger charge is 2.38. The molecule has 5 heteroatoms. The zero-order valence-corrected chi connectivity index (χ0v) is 9.08. The van der Waals surface area contributed by atoms with Crippen molar-refractivity contribution in [1.29, 1.82) is 0 Å². The average Bonchev–Trinajstić information content (AvgIpc) is 2.24. The van der Waals surface area contributed by atoms with E-state index in [-0.39, 0.29) is 12.0 Å². The minimum absolute atomic E-state index is 0.126. The minimum atomic E-state index is -4.68. The first-order valence-electron chi connectivity index (χ1n) is 4.97. The lowest BCUT2D eigenvalue weighted by atomic mass is 9.98. The predicted octanol–water partition coefficient (Wildman–Crippen LogP) is 3.50. The van der Waals surface area contributed by atoms with E-state index in [2.05, 4.69) is 0 Å². The fourth-order valence-electron chi connectivity index (χ4n) is 1.55. The minimum Gasteiger partial charge on any atom is -0.478 e. The van der Waals surface area contributed by atoms with Crippen molar-refractivity contribution in [2.24, 2.45) is 0 Å². The van der Waals surface area contributed by atoms with E-state index in [4.69, 9.17) is 5.11 Å². The van der Waals surface area contributed by atoms with Gasteiger partial charge in [-0.2, -0.15) is 13.2 Å². The lowest BCUT2D eigenvalue weighted by Crippen LogP contribution is -2.17. The van der Waals surface area contributed by atoms with E-state index >= 15 is 0 Å². The van der Waals surface area contributed by atoms with Gasteiger partial charge < -0.3 is 5.11 Å². The van der Waals surface area contributed by atoms with Gasteiger partial charge in [0.25, 0.3) is 0 Å². The molecule has 0 aliphatic carbocycles. The van der Waals surface area contributed by atoms with Crippen molar-refractivity contribution < 1.29 is 23.1 Å². The van der Waals surface area contributed by atoms with Crippen molar-refractivity contribution in [3.8, 4) is 0 Å². The van der Waals surface area contributed by atoms with E-state index in [9.17, 15) is 18.0 Å². The van der Waals surface area contributed by atoms with Crippen molar-refractivity contribution in [3.05, 3.63) is 41.5 Å². The third-order valence-corrected chi connectivity index (χ3v) is 2.26. The van der Waals surface area contributed by atoms with Crippen molar-refractivity contribution in [2.75, 3.05) is 0 Å². The van der Waals surface area contributed by atoms with E-state index in [1.54, 1.807) is 6.07 Å². The molecule has 0 fully saturated rings. The average molecular weight is 244 g/mol. The van der Waals surface area contributed by atoms with E-state index in [1.165, 1.54) is 31.2 Å². The number of alkyl halides is 3. The second-order valence-corrected chi connectivity index (χ2v) is 3.38. The maximum absolute atomic E-state index is 12.9. The molecule has 0 amide bonds. The van der Waals surface area contributed by atoms with Crippen molar-refractivity contribution in [3.63, 3.8) is 0 Å². The number of aliphatic carboxylic acids is 1. The lowest BCUT2D eigenvalue weighted by molar-refractivity contribution is -0.133. The van der Waals surface area contributed by atoms with Crippen LogP contribution >= 0.6 is 0 Å². The van der Waals surface area contributed by atoms with Crippen LogP contribution in [0.1, 0.15) is 18.9 Å². The Bertz CT molecular complexity index is 433. The van der Waals surface area contributed by atoms with E-state index < -0.39 is 23.3 Å². The molecule has 1 N–H and O–H groups in total. The third kappa shape index (κ3) is 3.09. The SMILES string of the molecule is CC/C(C(=O)O)=C(/c1ccccc1)C(F)(F)F. The topological polar surface area (TPSA) is 37.3 Å². The molecule has 0 atom stereocenters. The smallest absolute Gasteiger partial charge is 0.417 e. The number of hydrogen-bond acceptors (Lipinski definition) is 1. The van der Waals surface area contributed by atoms with Gasteiger partial charge in [0.2, 0.25) is 0 Å². The molecule has 0 radical (unpaired) electrons. The zero-order valence-electron chi connectivity index (χ0n) is 9.08. The Labute approximate surface area is 96.4 Å². The van der Waals surface area contributed by atoms with Crippen LogP contribution in [0.2, 0.25) is 0 Å². The van der Waals surface area contributed by atoms with Crippen molar-refractivity contribution >= 4 is 11.5 Å². The van der Waals surface area contributed by atoms with Crippen molar-refractivity contribution in [2.45, 2.75) is 19.5 Å². The molecule has 1 aromatic rings. The maximum atomic E-state index is 12.9. The summed E-state index contributed by atoms with van der Waals surface area (Å²) >= 11 is 0. The molecule has 0 heterocycles. The molecule has 92 valence electrons. The lowest BCUT2D eigenvalue weighted by Gasteiger charge is -2.15. The Morgan fingerprint density at radius 2 is 1.76 bits per heavy atom. The molecule has 1 rings (SSSR count). The van der Waals surface area contributed by atoms with Gasteiger partial charge in [-0.3, -0.25) is 0 Å². The molecule has 2 nitrogen and oxygen atoms in total. The molecular weight excluding hydrogens is 233 g/mol. The molecule has 0 aliphatic heterocycles. The normalized spacial score (nSPS) is 13.2. The van der Waals surface area contributed by atoms with Crippen LogP contribution in [0.15, 0.2) is 35.9 Å². The van der Waals surface area contributed by atoms with Crippen LogP contribution in [0.25, 0.3) is 5.57 Å². The molecule has 17 heavy (non-hydrogen) atoms. The molecule has 0 spiro atoms. The van der Waals surface area contributed by atoms with Gasteiger partial charge in [0, 0.05) is 5.57 Å². The summed E-state index contributed by atoms with van der Waals surface area (Å²) in [5, 5.41) is 8.81. The van der Waals surface area contributed by atoms with Gasteiger partial charge in [0.15, 0.2) is 0 Å². The van der Waals surface area contributed by atoms with Crippen LogP contribution in [-0.4, -0.2) is 17.3 Å². The van der Waals surface area contributed by atoms with Crippen LogP contribution in [0, 0.1) is 0 Å². The Morgan fingerprint density at radius 3 is 2.12 bits per heavy atom. The van der Waals surface area contributed by atoms with Gasteiger partial charge in [0.1, 0.15) is 0 Å². The van der Waals surface area contributed by atoms with E-state index in [0.717, 1.165) is 0 Å². The maximum Gasteiger partial charge on any atom is 0.417 e. The summed E-state index contributed by atoms with van der Waals surface area (Å²) in [7, 11) is 0. The summed E-state index contributed by atoms with van der Waals surface area (Å²) < 4.78 is 38.6. The fraction of sp³-hybridized carbons (Fsp3) is 0.250.